The molecule has 0 unspecified atom stereocenters. The van der Waals surface area contributed by atoms with Crippen molar-refractivity contribution in [3.8, 4) is 0 Å². The number of rotatable bonds is 6. The summed E-state index contributed by atoms with van der Waals surface area (Å²) >= 11 is 0. The fraction of sp³-hybridized carbons (Fsp3) is 0.176. The van der Waals surface area contributed by atoms with Crippen molar-refractivity contribution < 1.29 is 14.0 Å². The van der Waals surface area contributed by atoms with E-state index >= 15 is 0 Å². The van der Waals surface area contributed by atoms with Crippen LogP contribution in [-0.4, -0.2) is 25.4 Å². The number of nitrogens with one attached hydrogen (secondary N) is 3. The van der Waals surface area contributed by atoms with E-state index < -0.39 is 0 Å². The van der Waals surface area contributed by atoms with Crippen LogP contribution in [0.15, 0.2) is 48.5 Å². The van der Waals surface area contributed by atoms with E-state index in [-0.39, 0.29) is 30.7 Å². The van der Waals surface area contributed by atoms with Gasteiger partial charge in [-0.25, -0.2) is 4.39 Å². The molecule has 0 atom stereocenters. The third-order valence-electron chi connectivity index (χ3n) is 3.27. The molecule has 0 radical (unpaired) electrons. The lowest BCUT2D eigenvalue weighted by molar-refractivity contribution is -0.119. The van der Waals surface area contributed by atoms with Gasteiger partial charge in [-0.1, -0.05) is 30.3 Å². The number of hydrogen-bond acceptors (Lipinski definition) is 3. The Balaban J connectivity index is 1.90. The minimum absolute atomic E-state index is 0.0114. The molecule has 0 aliphatic heterocycles. The van der Waals surface area contributed by atoms with E-state index in [0.29, 0.717) is 16.8 Å². The van der Waals surface area contributed by atoms with Gasteiger partial charge in [-0.15, -0.1) is 0 Å². The molecule has 2 aromatic rings. The molecule has 120 valence electrons. The van der Waals surface area contributed by atoms with E-state index in [1.54, 1.807) is 49.5 Å². The number of para-hydroxylation sites is 1. The number of carbonyl (C=O) groups excluding carboxylic acids is 2. The van der Waals surface area contributed by atoms with Gasteiger partial charge in [0, 0.05) is 24.8 Å². The largest absolute Gasteiger partial charge is 0.376 e. The van der Waals surface area contributed by atoms with Crippen molar-refractivity contribution in [2.75, 3.05) is 18.9 Å². The van der Waals surface area contributed by atoms with E-state index in [9.17, 15) is 14.0 Å². The Morgan fingerprint density at radius 1 is 1.04 bits per heavy atom. The Morgan fingerprint density at radius 3 is 2.48 bits per heavy atom. The van der Waals surface area contributed by atoms with Crippen molar-refractivity contribution in [1.82, 2.24) is 10.6 Å². The van der Waals surface area contributed by atoms with Crippen LogP contribution in [0.5, 0.6) is 0 Å². The topological polar surface area (TPSA) is 70.2 Å². The van der Waals surface area contributed by atoms with Crippen LogP contribution < -0.4 is 16.0 Å². The Kier molecular flexibility index (Phi) is 5.68. The molecule has 2 amide bonds. The Labute approximate surface area is 133 Å². The summed E-state index contributed by atoms with van der Waals surface area (Å²) in [5.41, 5.74) is 1.44. The van der Waals surface area contributed by atoms with Gasteiger partial charge in [0.05, 0.1) is 12.1 Å². The SMILES string of the molecule is CNC(=O)c1ccccc1NCC(=O)NCc1ccccc1F. The van der Waals surface area contributed by atoms with Gasteiger partial charge in [0.2, 0.25) is 5.91 Å². The van der Waals surface area contributed by atoms with Gasteiger partial charge < -0.3 is 16.0 Å². The highest BCUT2D eigenvalue weighted by Crippen LogP contribution is 2.14. The van der Waals surface area contributed by atoms with Crippen molar-refractivity contribution in [2.24, 2.45) is 0 Å². The zero-order chi connectivity index (χ0) is 16.7. The van der Waals surface area contributed by atoms with Crippen LogP contribution in [0, 0.1) is 5.82 Å². The lowest BCUT2D eigenvalue weighted by Gasteiger charge is -2.11. The zero-order valence-electron chi connectivity index (χ0n) is 12.7. The molecule has 0 aliphatic carbocycles. The maximum absolute atomic E-state index is 13.5. The molecule has 6 heteroatoms. The van der Waals surface area contributed by atoms with E-state index in [1.807, 2.05) is 0 Å². The molecule has 2 rings (SSSR count). The van der Waals surface area contributed by atoms with Crippen molar-refractivity contribution in [2.45, 2.75) is 6.54 Å². The van der Waals surface area contributed by atoms with Crippen LogP contribution in [0.1, 0.15) is 15.9 Å². The molecular weight excluding hydrogens is 297 g/mol. The highest BCUT2D eigenvalue weighted by atomic mass is 19.1. The van der Waals surface area contributed by atoms with Crippen molar-refractivity contribution in [1.29, 1.82) is 0 Å². The van der Waals surface area contributed by atoms with E-state index in [4.69, 9.17) is 0 Å². The predicted molar refractivity (Wildman–Crippen MR) is 86.6 cm³/mol. The summed E-state index contributed by atoms with van der Waals surface area (Å²) < 4.78 is 13.5. The lowest BCUT2D eigenvalue weighted by atomic mass is 10.1. The summed E-state index contributed by atoms with van der Waals surface area (Å²) in [6.45, 7) is 0.104. The predicted octanol–water partition coefficient (Wildman–Crippen LogP) is 1.91. The molecular formula is C17H18FN3O2. The summed E-state index contributed by atoms with van der Waals surface area (Å²) in [5, 5.41) is 8.08. The molecule has 0 aromatic heterocycles. The van der Waals surface area contributed by atoms with Crippen LogP contribution >= 0.6 is 0 Å². The molecule has 0 saturated heterocycles. The van der Waals surface area contributed by atoms with Gasteiger partial charge in [0.1, 0.15) is 5.82 Å². The molecule has 0 heterocycles. The summed E-state index contributed by atoms with van der Waals surface area (Å²) in [7, 11) is 1.54. The molecule has 0 bridgehead atoms. The van der Waals surface area contributed by atoms with Crippen LogP contribution in [0.25, 0.3) is 0 Å². The molecule has 3 N–H and O–H groups in total. The summed E-state index contributed by atoms with van der Waals surface area (Å²) in [5.74, 6) is -0.884. The fourth-order valence-electron chi connectivity index (χ4n) is 2.04. The second-order valence-electron chi connectivity index (χ2n) is 4.85. The van der Waals surface area contributed by atoms with E-state index in [0.717, 1.165) is 0 Å². The maximum Gasteiger partial charge on any atom is 0.253 e. The molecule has 23 heavy (non-hydrogen) atoms. The first kappa shape index (κ1) is 16.5. The average Bonchev–Trinajstić information content (AvgIpc) is 2.58. The molecule has 0 fully saturated rings. The smallest absolute Gasteiger partial charge is 0.253 e. The number of anilines is 1. The molecule has 0 aliphatic rings. The third-order valence-corrected chi connectivity index (χ3v) is 3.27. The van der Waals surface area contributed by atoms with Gasteiger partial charge in [-0.2, -0.15) is 0 Å². The third kappa shape index (κ3) is 4.54. The van der Waals surface area contributed by atoms with Crippen LogP contribution in [0.4, 0.5) is 10.1 Å². The van der Waals surface area contributed by atoms with Gasteiger partial charge in [0.15, 0.2) is 0 Å². The number of amides is 2. The minimum Gasteiger partial charge on any atom is -0.376 e. The van der Waals surface area contributed by atoms with Crippen molar-refractivity contribution >= 4 is 17.5 Å². The van der Waals surface area contributed by atoms with Crippen LogP contribution in [0.3, 0.4) is 0 Å². The van der Waals surface area contributed by atoms with Crippen LogP contribution in [0.2, 0.25) is 0 Å². The Morgan fingerprint density at radius 2 is 1.74 bits per heavy atom. The average molecular weight is 315 g/mol. The fourth-order valence-corrected chi connectivity index (χ4v) is 2.04. The normalized spacial score (nSPS) is 10.0. The zero-order valence-corrected chi connectivity index (χ0v) is 12.7. The van der Waals surface area contributed by atoms with Gasteiger partial charge in [-0.3, -0.25) is 9.59 Å². The van der Waals surface area contributed by atoms with Gasteiger partial charge >= 0.3 is 0 Å². The lowest BCUT2D eigenvalue weighted by Crippen LogP contribution is -2.30. The quantitative estimate of drug-likeness (QED) is 0.763. The molecule has 0 saturated carbocycles. The monoisotopic (exact) mass is 315 g/mol. The first-order valence-corrected chi connectivity index (χ1v) is 7.17. The standard InChI is InChI=1S/C17H18FN3O2/c1-19-17(23)13-7-3-5-9-15(13)20-11-16(22)21-10-12-6-2-4-8-14(12)18/h2-9,20H,10-11H2,1H3,(H,19,23)(H,21,22). The molecule has 2 aromatic carbocycles. The highest BCUT2D eigenvalue weighted by Gasteiger charge is 2.10. The highest BCUT2D eigenvalue weighted by molar-refractivity contribution is 5.99. The summed E-state index contributed by atoms with van der Waals surface area (Å²) in [6, 6.07) is 13.2. The number of hydrogen-bond donors (Lipinski definition) is 3. The van der Waals surface area contributed by atoms with Gasteiger partial charge in [0.25, 0.3) is 5.91 Å². The van der Waals surface area contributed by atoms with Gasteiger partial charge in [-0.05, 0) is 18.2 Å². The Bertz CT molecular complexity index is 704. The first-order chi connectivity index (χ1) is 11.1. The second kappa shape index (κ2) is 7.93. The molecule has 0 spiro atoms. The second-order valence-corrected chi connectivity index (χ2v) is 4.85. The van der Waals surface area contributed by atoms with E-state index in [2.05, 4.69) is 16.0 Å². The number of carbonyl (C=O) groups is 2. The number of halogens is 1. The summed E-state index contributed by atoms with van der Waals surface area (Å²) in [6.07, 6.45) is 0. The minimum atomic E-state index is -0.356. The van der Waals surface area contributed by atoms with Crippen molar-refractivity contribution in [3.05, 3.63) is 65.5 Å². The van der Waals surface area contributed by atoms with Crippen molar-refractivity contribution in [3.63, 3.8) is 0 Å². The molecule has 5 nitrogen and oxygen atoms in total. The Hall–Kier alpha value is -2.89. The van der Waals surface area contributed by atoms with Crippen LogP contribution in [-0.2, 0) is 11.3 Å². The maximum atomic E-state index is 13.5. The number of benzene rings is 2. The summed E-state index contributed by atoms with van der Waals surface area (Å²) in [4.78, 5) is 23.6. The van der Waals surface area contributed by atoms with E-state index in [1.165, 1.54) is 6.07 Å². The first-order valence-electron chi connectivity index (χ1n) is 7.17.